The number of nitrogens with one attached hydrogen (secondary N) is 1. The van der Waals surface area contributed by atoms with Gasteiger partial charge >= 0.3 is 0 Å². The van der Waals surface area contributed by atoms with Crippen molar-refractivity contribution >= 4 is 0 Å². The van der Waals surface area contributed by atoms with E-state index in [0.29, 0.717) is 16.9 Å². The van der Waals surface area contributed by atoms with E-state index >= 15 is 0 Å². The fraction of sp³-hybridized carbons (Fsp3) is 1.00. The molecular formula is C25H51N. The molecule has 0 unspecified atom stereocenters. The molecule has 156 valence electrons. The van der Waals surface area contributed by atoms with Gasteiger partial charge in [-0.15, -0.1) is 0 Å². The summed E-state index contributed by atoms with van der Waals surface area (Å²) in [5.74, 6) is 2.57. The molecule has 2 rings (SSSR count). The number of rotatable bonds is 6. The maximum Gasteiger partial charge on any atom is 0.00126 e. The van der Waals surface area contributed by atoms with E-state index in [0.717, 1.165) is 17.8 Å². The second-order valence-electron chi connectivity index (χ2n) is 10.7. The summed E-state index contributed by atoms with van der Waals surface area (Å²) >= 11 is 0. The zero-order valence-electron chi connectivity index (χ0n) is 19.6. The lowest BCUT2D eigenvalue weighted by atomic mass is 9.61. The molecule has 0 spiro atoms. The molecule has 0 heterocycles. The maximum absolute atomic E-state index is 3.64. The van der Waals surface area contributed by atoms with E-state index in [2.05, 4.69) is 60.7 Å². The van der Waals surface area contributed by atoms with Gasteiger partial charge in [-0.25, -0.2) is 0 Å². The molecule has 0 aliphatic heterocycles. The molecule has 26 heavy (non-hydrogen) atoms. The van der Waals surface area contributed by atoms with Crippen LogP contribution in [-0.2, 0) is 0 Å². The van der Waals surface area contributed by atoms with Crippen molar-refractivity contribution in [2.45, 2.75) is 126 Å². The largest absolute Gasteiger partial charge is 0.314 e. The minimum atomic E-state index is 0.600. The summed E-state index contributed by atoms with van der Waals surface area (Å²) in [6, 6.07) is 0.632. The maximum atomic E-state index is 3.64. The first-order valence-electron chi connectivity index (χ1n) is 11.9. The van der Waals surface area contributed by atoms with Crippen molar-refractivity contribution in [3.05, 3.63) is 0 Å². The van der Waals surface area contributed by atoms with Gasteiger partial charge < -0.3 is 5.32 Å². The number of hydrogen-bond donors (Lipinski definition) is 1. The van der Waals surface area contributed by atoms with E-state index in [9.17, 15) is 0 Å². The van der Waals surface area contributed by atoms with Crippen LogP contribution in [-0.4, -0.2) is 12.6 Å². The Hall–Kier alpha value is -0.0400. The Labute approximate surface area is 166 Å². The van der Waals surface area contributed by atoms with Gasteiger partial charge in [0.1, 0.15) is 0 Å². The predicted molar refractivity (Wildman–Crippen MR) is 119 cm³/mol. The summed E-state index contributed by atoms with van der Waals surface area (Å²) in [5.41, 5.74) is 1.28. The van der Waals surface area contributed by atoms with Gasteiger partial charge in [0.25, 0.3) is 0 Å². The Balaban J connectivity index is 0.000000263. The Morgan fingerprint density at radius 2 is 1.00 bits per heavy atom. The molecule has 0 bridgehead atoms. The van der Waals surface area contributed by atoms with E-state index in [1.807, 2.05) is 0 Å². The molecule has 1 N–H and O–H groups in total. The van der Waals surface area contributed by atoms with Crippen molar-refractivity contribution in [3.63, 3.8) is 0 Å². The van der Waals surface area contributed by atoms with Gasteiger partial charge in [0, 0.05) is 12.6 Å². The molecule has 2 aliphatic rings. The smallest absolute Gasteiger partial charge is 0.00126 e. The minimum Gasteiger partial charge on any atom is -0.314 e. The van der Waals surface area contributed by atoms with Gasteiger partial charge in [-0.3, -0.25) is 0 Å². The molecule has 2 fully saturated rings. The SMILES string of the molecule is CC(C)C1(C(C)C)CCCCC1.CC(C)NCC1(C(C)C)CCCCC1. The van der Waals surface area contributed by atoms with Crippen LogP contribution in [0.25, 0.3) is 0 Å². The van der Waals surface area contributed by atoms with E-state index < -0.39 is 0 Å². The second kappa shape index (κ2) is 11.1. The average molecular weight is 366 g/mol. The summed E-state index contributed by atoms with van der Waals surface area (Å²) in [4.78, 5) is 0. The molecule has 0 aromatic rings. The first-order valence-corrected chi connectivity index (χ1v) is 11.9. The van der Waals surface area contributed by atoms with E-state index in [-0.39, 0.29) is 0 Å². The van der Waals surface area contributed by atoms with Crippen LogP contribution in [0.1, 0.15) is 120 Å². The van der Waals surface area contributed by atoms with Crippen LogP contribution in [0.5, 0.6) is 0 Å². The van der Waals surface area contributed by atoms with Crippen LogP contribution in [0.4, 0.5) is 0 Å². The van der Waals surface area contributed by atoms with Gasteiger partial charge in [-0.2, -0.15) is 0 Å². The first-order chi connectivity index (χ1) is 12.2. The van der Waals surface area contributed by atoms with Crippen LogP contribution in [0.2, 0.25) is 0 Å². The average Bonchev–Trinajstić information content (AvgIpc) is 2.61. The Kier molecular flexibility index (Phi) is 10.2. The van der Waals surface area contributed by atoms with Crippen LogP contribution in [0.3, 0.4) is 0 Å². The molecule has 0 radical (unpaired) electrons. The molecule has 0 saturated heterocycles. The van der Waals surface area contributed by atoms with E-state index in [1.54, 1.807) is 0 Å². The van der Waals surface area contributed by atoms with Crippen molar-refractivity contribution in [2.75, 3.05) is 6.54 Å². The zero-order valence-corrected chi connectivity index (χ0v) is 19.6. The Morgan fingerprint density at radius 3 is 1.31 bits per heavy atom. The topological polar surface area (TPSA) is 12.0 Å². The minimum absolute atomic E-state index is 0.600. The molecule has 1 heteroatoms. The third kappa shape index (κ3) is 6.54. The summed E-state index contributed by atoms with van der Waals surface area (Å²) in [6.45, 7) is 20.1. The highest BCUT2D eigenvalue weighted by atomic mass is 14.9. The van der Waals surface area contributed by atoms with Crippen LogP contribution < -0.4 is 5.32 Å². The van der Waals surface area contributed by atoms with Crippen LogP contribution in [0, 0.1) is 28.6 Å². The Morgan fingerprint density at radius 1 is 0.577 bits per heavy atom. The van der Waals surface area contributed by atoms with Crippen molar-refractivity contribution < 1.29 is 0 Å². The monoisotopic (exact) mass is 365 g/mol. The highest BCUT2D eigenvalue weighted by Gasteiger charge is 2.37. The molecule has 0 atom stereocenters. The van der Waals surface area contributed by atoms with Crippen molar-refractivity contribution in [1.29, 1.82) is 0 Å². The third-order valence-electron chi connectivity index (χ3n) is 8.02. The van der Waals surface area contributed by atoms with Crippen LogP contribution in [0.15, 0.2) is 0 Å². The highest BCUT2D eigenvalue weighted by molar-refractivity contribution is 4.88. The lowest BCUT2D eigenvalue weighted by Crippen LogP contribution is -2.42. The van der Waals surface area contributed by atoms with Crippen molar-refractivity contribution in [2.24, 2.45) is 28.6 Å². The van der Waals surface area contributed by atoms with E-state index in [4.69, 9.17) is 0 Å². The van der Waals surface area contributed by atoms with Crippen molar-refractivity contribution in [3.8, 4) is 0 Å². The first kappa shape index (κ1) is 24.0. The summed E-state index contributed by atoms with van der Waals surface area (Å²) in [6.07, 6.45) is 14.6. The highest BCUT2D eigenvalue weighted by Crippen LogP contribution is 2.47. The fourth-order valence-electron chi connectivity index (χ4n) is 5.65. The summed E-state index contributed by atoms with van der Waals surface area (Å²) in [5, 5.41) is 3.64. The lowest BCUT2D eigenvalue weighted by Gasteiger charge is -2.44. The molecule has 1 nitrogen and oxygen atoms in total. The summed E-state index contributed by atoms with van der Waals surface area (Å²) in [7, 11) is 0. The third-order valence-corrected chi connectivity index (χ3v) is 8.02. The summed E-state index contributed by atoms with van der Waals surface area (Å²) < 4.78 is 0. The second-order valence-corrected chi connectivity index (χ2v) is 10.7. The molecule has 2 saturated carbocycles. The quantitative estimate of drug-likeness (QED) is 0.505. The van der Waals surface area contributed by atoms with Gasteiger partial charge in [0.15, 0.2) is 0 Å². The number of hydrogen-bond acceptors (Lipinski definition) is 1. The van der Waals surface area contributed by atoms with Gasteiger partial charge in [0.05, 0.1) is 0 Å². The fourth-order valence-corrected chi connectivity index (χ4v) is 5.65. The lowest BCUT2D eigenvalue weighted by molar-refractivity contribution is 0.0587. The van der Waals surface area contributed by atoms with E-state index in [1.165, 1.54) is 70.8 Å². The molecule has 0 aromatic heterocycles. The Bertz CT molecular complexity index is 344. The normalized spacial score (nSPS) is 22.6. The standard InChI is InChI=1S/C13H27N.C12H24/c1-11(2)13(10-14-12(3)4)8-6-5-7-9-13;1-10(2)12(11(3)4)8-6-5-7-9-12/h11-12,14H,5-10H2,1-4H3;10-11H,5-9H2,1-4H3. The zero-order chi connectivity index (χ0) is 19.8. The molecular weight excluding hydrogens is 314 g/mol. The van der Waals surface area contributed by atoms with Gasteiger partial charge in [-0.05, 0) is 54.3 Å². The van der Waals surface area contributed by atoms with Gasteiger partial charge in [-0.1, -0.05) is 93.9 Å². The van der Waals surface area contributed by atoms with Crippen molar-refractivity contribution in [1.82, 2.24) is 5.32 Å². The van der Waals surface area contributed by atoms with Crippen LogP contribution >= 0.6 is 0 Å². The molecule has 0 amide bonds. The molecule has 2 aliphatic carbocycles. The van der Waals surface area contributed by atoms with Gasteiger partial charge in [0.2, 0.25) is 0 Å². The molecule has 0 aromatic carbocycles. The predicted octanol–water partition coefficient (Wildman–Crippen LogP) is 7.84.